The molecule has 0 saturated carbocycles. The van der Waals surface area contributed by atoms with Gasteiger partial charge in [0.25, 0.3) is 5.56 Å². The fourth-order valence-electron chi connectivity index (χ4n) is 2.28. The van der Waals surface area contributed by atoms with Crippen molar-refractivity contribution < 1.29 is 0 Å². The van der Waals surface area contributed by atoms with E-state index in [9.17, 15) is 4.79 Å². The Morgan fingerprint density at radius 2 is 1.62 bits per heavy atom. The molecular weight excluding hydrogens is 262 g/mol. The molecule has 1 aromatic heterocycles. The van der Waals surface area contributed by atoms with Crippen LogP contribution in [0.5, 0.6) is 0 Å². The van der Waals surface area contributed by atoms with Gasteiger partial charge in [-0.15, -0.1) is 0 Å². The minimum absolute atomic E-state index is 0.106. The van der Waals surface area contributed by atoms with Gasteiger partial charge in [-0.05, 0) is 12.1 Å². The van der Waals surface area contributed by atoms with Gasteiger partial charge in [-0.2, -0.15) is 0 Å². The molecule has 1 heterocycles. The molecule has 0 atom stereocenters. The van der Waals surface area contributed by atoms with Crippen LogP contribution in [0.1, 0.15) is 5.56 Å². The summed E-state index contributed by atoms with van der Waals surface area (Å²) in [5, 5.41) is 3.18. The molecule has 0 amide bonds. The molecule has 0 aliphatic heterocycles. The predicted octanol–water partition coefficient (Wildman–Crippen LogP) is 2.88. The highest BCUT2D eigenvalue weighted by Gasteiger charge is 2.14. The Hall–Kier alpha value is -2.88. The summed E-state index contributed by atoms with van der Waals surface area (Å²) in [6, 6.07) is 19.3. The van der Waals surface area contributed by atoms with Crippen molar-refractivity contribution in [3.05, 3.63) is 76.6 Å². The Kier molecular flexibility index (Phi) is 3.51. The van der Waals surface area contributed by atoms with E-state index >= 15 is 0 Å². The van der Waals surface area contributed by atoms with Crippen molar-refractivity contribution in [2.24, 2.45) is 4.99 Å². The van der Waals surface area contributed by atoms with Crippen molar-refractivity contribution in [3.63, 3.8) is 0 Å². The highest BCUT2D eigenvalue weighted by molar-refractivity contribution is 5.88. The molecule has 0 fully saturated rings. The maximum Gasteiger partial charge on any atom is 0.280 e. The molecule has 21 heavy (non-hydrogen) atoms. The van der Waals surface area contributed by atoms with Crippen LogP contribution in [0.15, 0.2) is 70.5 Å². The minimum Gasteiger partial charge on any atom is -0.296 e. The second-order valence-corrected chi connectivity index (χ2v) is 4.63. The van der Waals surface area contributed by atoms with E-state index in [1.165, 1.54) is 0 Å². The van der Waals surface area contributed by atoms with Crippen molar-refractivity contribution in [1.29, 1.82) is 0 Å². The van der Waals surface area contributed by atoms with E-state index in [-0.39, 0.29) is 5.56 Å². The largest absolute Gasteiger partial charge is 0.296 e. The van der Waals surface area contributed by atoms with E-state index in [1.54, 1.807) is 17.9 Å². The molecule has 0 bridgehead atoms. The molecule has 0 radical (unpaired) electrons. The smallest absolute Gasteiger partial charge is 0.280 e. The Morgan fingerprint density at radius 3 is 2.24 bits per heavy atom. The van der Waals surface area contributed by atoms with Crippen molar-refractivity contribution in [3.8, 4) is 16.9 Å². The van der Waals surface area contributed by atoms with E-state index in [2.05, 4.69) is 10.1 Å². The number of H-pyrrole nitrogens is 1. The summed E-state index contributed by atoms with van der Waals surface area (Å²) in [4.78, 5) is 16.6. The molecule has 0 aliphatic rings. The molecule has 3 aromatic rings. The van der Waals surface area contributed by atoms with Gasteiger partial charge in [0.05, 0.1) is 16.9 Å². The Bertz CT molecular complexity index is 814. The molecule has 3 rings (SSSR count). The number of aromatic amines is 1. The van der Waals surface area contributed by atoms with Crippen LogP contribution in [0, 0.1) is 0 Å². The molecule has 2 aromatic carbocycles. The molecule has 4 heteroatoms. The third-order valence-electron chi connectivity index (χ3n) is 3.26. The summed E-state index contributed by atoms with van der Waals surface area (Å²) in [6.45, 7) is 0. The lowest BCUT2D eigenvalue weighted by molar-refractivity contribution is 0.852. The van der Waals surface area contributed by atoms with Crippen LogP contribution in [0.2, 0.25) is 0 Å². The molecule has 0 aliphatic carbocycles. The summed E-state index contributed by atoms with van der Waals surface area (Å²) in [6.07, 6.45) is 1.60. The molecule has 4 nitrogen and oxygen atoms in total. The first-order chi connectivity index (χ1) is 10.3. The summed E-state index contributed by atoms with van der Waals surface area (Å²) >= 11 is 0. The zero-order chi connectivity index (χ0) is 14.7. The number of nitrogens with zero attached hydrogens (tertiary/aromatic N) is 2. The van der Waals surface area contributed by atoms with Gasteiger partial charge in [0.15, 0.2) is 0 Å². The van der Waals surface area contributed by atoms with Crippen LogP contribution in [0.4, 0.5) is 0 Å². The van der Waals surface area contributed by atoms with Crippen molar-refractivity contribution in [1.82, 2.24) is 9.78 Å². The third-order valence-corrected chi connectivity index (χ3v) is 3.26. The first kappa shape index (κ1) is 13.1. The van der Waals surface area contributed by atoms with Crippen LogP contribution in [-0.4, -0.2) is 23.0 Å². The zero-order valence-electron chi connectivity index (χ0n) is 11.7. The minimum atomic E-state index is -0.106. The van der Waals surface area contributed by atoms with Crippen molar-refractivity contribution in [2.45, 2.75) is 0 Å². The normalized spacial score (nSPS) is 11.1. The Balaban J connectivity index is 2.24. The first-order valence-electron chi connectivity index (χ1n) is 6.69. The monoisotopic (exact) mass is 277 g/mol. The van der Waals surface area contributed by atoms with Crippen LogP contribution in [0.3, 0.4) is 0 Å². The van der Waals surface area contributed by atoms with Gasteiger partial charge in [-0.25, -0.2) is 4.68 Å². The lowest BCUT2D eigenvalue weighted by Crippen LogP contribution is -2.17. The second kappa shape index (κ2) is 5.63. The van der Waals surface area contributed by atoms with Crippen LogP contribution in [-0.2, 0) is 0 Å². The number of benzene rings is 2. The van der Waals surface area contributed by atoms with Gasteiger partial charge in [-0.3, -0.25) is 14.9 Å². The van der Waals surface area contributed by atoms with Gasteiger partial charge < -0.3 is 0 Å². The van der Waals surface area contributed by atoms with Crippen LogP contribution < -0.4 is 5.56 Å². The number of nitrogens with one attached hydrogen (secondary N) is 1. The summed E-state index contributed by atoms with van der Waals surface area (Å²) < 4.78 is 1.54. The topological polar surface area (TPSA) is 50.1 Å². The van der Waals surface area contributed by atoms with E-state index in [0.717, 1.165) is 16.9 Å². The highest BCUT2D eigenvalue weighted by Crippen LogP contribution is 2.19. The first-order valence-corrected chi connectivity index (χ1v) is 6.69. The summed E-state index contributed by atoms with van der Waals surface area (Å²) in [5.74, 6) is 0. The molecular formula is C17H15N3O. The molecule has 104 valence electrons. The lowest BCUT2D eigenvalue weighted by atomic mass is 10.1. The Labute approximate surface area is 122 Å². The number of hydrogen-bond donors (Lipinski definition) is 1. The van der Waals surface area contributed by atoms with Gasteiger partial charge >= 0.3 is 0 Å². The van der Waals surface area contributed by atoms with E-state index < -0.39 is 0 Å². The van der Waals surface area contributed by atoms with Crippen molar-refractivity contribution >= 4 is 6.21 Å². The standard InChI is InChI=1S/C17H15N3O/c1-18-12-15-16(13-8-4-2-5-9-13)19-20(17(15)21)14-10-6-3-7-11-14/h2-12,19H,1H3. The van der Waals surface area contributed by atoms with E-state index in [4.69, 9.17) is 0 Å². The molecule has 0 saturated heterocycles. The molecule has 0 spiro atoms. The predicted molar refractivity (Wildman–Crippen MR) is 85.3 cm³/mol. The number of para-hydroxylation sites is 1. The number of aliphatic imine (C=N–C) groups is 1. The average Bonchev–Trinajstić information content (AvgIpc) is 2.87. The molecule has 1 N–H and O–H groups in total. The summed E-state index contributed by atoms with van der Waals surface area (Å²) in [7, 11) is 1.66. The Morgan fingerprint density at radius 1 is 1.00 bits per heavy atom. The van der Waals surface area contributed by atoms with Gasteiger partial charge in [0.1, 0.15) is 0 Å². The fourth-order valence-corrected chi connectivity index (χ4v) is 2.28. The van der Waals surface area contributed by atoms with E-state index in [0.29, 0.717) is 5.56 Å². The SMILES string of the molecule is CN=Cc1c(-c2ccccc2)[nH]n(-c2ccccc2)c1=O. The fraction of sp³-hybridized carbons (Fsp3) is 0.0588. The summed E-state index contributed by atoms with van der Waals surface area (Å²) in [5.41, 5.74) is 2.99. The quantitative estimate of drug-likeness (QED) is 0.735. The van der Waals surface area contributed by atoms with Crippen molar-refractivity contribution in [2.75, 3.05) is 7.05 Å². The van der Waals surface area contributed by atoms with Gasteiger partial charge in [0.2, 0.25) is 0 Å². The van der Waals surface area contributed by atoms with E-state index in [1.807, 2.05) is 60.7 Å². The highest BCUT2D eigenvalue weighted by atomic mass is 16.1. The third kappa shape index (κ3) is 2.43. The number of aromatic nitrogens is 2. The zero-order valence-corrected chi connectivity index (χ0v) is 11.7. The van der Waals surface area contributed by atoms with Gasteiger partial charge in [-0.1, -0.05) is 48.5 Å². The van der Waals surface area contributed by atoms with Gasteiger partial charge in [0, 0.05) is 18.8 Å². The lowest BCUT2D eigenvalue weighted by Gasteiger charge is -2.01. The maximum atomic E-state index is 12.6. The second-order valence-electron chi connectivity index (χ2n) is 4.63. The number of rotatable bonds is 3. The number of hydrogen-bond acceptors (Lipinski definition) is 2. The van der Waals surface area contributed by atoms with Crippen LogP contribution >= 0.6 is 0 Å². The average molecular weight is 277 g/mol. The maximum absolute atomic E-state index is 12.6. The van der Waals surface area contributed by atoms with Crippen LogP contribution in [0.25, 0.3) is 16.9 Å². The molecule has 0 unspecified atom stereocenters.